The highest BCUT2D eigenvalue weighted by Gasteiger charge is 2.36. The zero-order valence-electron chi connectivity index (χ0n) is 14.2. The van der Waals surface area contributed by atoms with Gasteiger partial charge in [-0.2, -0.15) is 5.10 Å². The third-order valence-corrected chi connectivity index (χ3v) is 5.67. The van der Waals surface area contributed by atoms with Crippen LogP contribution in [0, 0.1) is 11.3 Å². The average molecular weight is 289 g/mol. The van der Waals surface area contributed by atoms with E-state index in [1.165, 1.54) is 56.2 Å². The van der Waals surface area contributed by atoms with Gasteiger partial charge in [-0.1, -0.05) is 33.6 Å². The standard InChI is InChI=1S/C18H31N3/c1-18(2,3)14-8-5-6-9-16(14)20-15-10-7-11-17-13(15)12-19-21(17)4/h12,14-16,20H,5-11H2,1-4H3. The SMILES string of the molecule is Cn1ncc2c1CCCC2NC1CCCCC1C(C)(C)C. The number of aryl methyl sites for hydroxylation is 1. The van der Waals surface area contributed by atoms with E-state index < -0.39 is 0 Å². The maximum atomic E-state index is 4.49. The normalized spacial score (nSPS) is 30.2. The molecule has 1 aromatic rings. The minimum Gasteiger partial charge on any atom is -0.307 e. The van der Waals surface area contributed by atoms with Crippen LogP contribution in [0.4, 0.5) is 0 Å². The summed E-state index contributed by atoms with van der Waals surface area (Å²) in [4.78, 5) is 0. The van der Waals surface area contributed by atoms with Gasteiger partial charge in [0.1, 0.15) is 0 Å². The summed E-state index contributed by atoms with van der Waals surface area (Å²) in [5.41, 5.74) is 3.31. The first-order valence-corrected chi connectivity index (χ1v) is 8.73. The van der Waals surface area contributed by atoms with Crippen molar-refractivity contribution in [3.05, 3.63) is 17.5 Å². The van der Waals surface area contributed by atoms with E-state index in [9.17, 15) is 0 Å². The zero-order valence-corrected chi connectivity index (χ0v) is 14.2. The topological polar surface area (TPSA) is 29.9 Å². The molecule has 3 atom stereocenters. The number of fused-ring (bicyclic) bond motifs is 1. The summed E-state index contributed by atoms with van der Waals surface area (Å²) < 4.78 is 2.07. The maximum Gasteiger partial charge on any atom is 0.0540 e. The monoisotopic (exact) mass is 289 g/mol. The Labute approximate surface area is 129 Å². The second-order valence-electron chi connectivity index (χ2n) is 8.15. The van der Waals surface area contributed by atoms with E-state index in [4.69, 9.17) is 0 Å². The highest BCUT2D eigenvalue weighted by atomic mass is 15.3. The predicted molar refractivity (Wildman–Crippen MR) is 87.2 cm³/mol. The molecule has 21 heavy (non-hydrogen) atoms. The van der Waals surface area contributed by atoms with E-state index in [0.717, 1.165) is 5.92 Å². The molecule has 0 amide bonds. The van der Waals surface area contributed by atoms with Gasteiger partial charge in [-0.15, -0.1) is 0 Å². The van der Waals surface area contributed by atoms with Gasteiger partial charge in [0.2, 0.25) is 0 Å². The van der Waals surface area contributed by atoms with Crippen LogP contribution in [0.2, 0.25) is 0 Å². The van der Waals surface area contributed by atoms with Crippen molar-refractivity contribution in [1.29, 1.82) is 0 Å². The minimum absolute atomic E-state index is 0.407. The molecule has 118 valence electrons. The highest BCUT2D eigenvalue weighted by Crippen LogP contribution is 2.40. The lowest BCUT2D eigenvalue weighted by Gasteiger charge is -2.43. The first kappa shape index (κ1) is 15.1. The molecule has 2 aliphatic carbocycles. The average Bonchev–Trinajstić information content (AvgIpc) is 2.81. The molecule has 1 aromatic heterocycles. The largest absolute Gasteiger partial charge is 0.307 e. The Morgan fingerprint density at radius 1 is 1.14 bits per heavy atom. The summed E-state index contributed by atoms with van der Waals surface area (Å²) in [7, 11) is 2.08. The number of hydrogen-bond donors (Lipinski definition) is 1. The van der Waals surface area contributed by atoms with Crippen molar-refractivity contribution >= 4 is 0 Å². The Hall–Kier alpha value is -0.830. The Balaban J connectivity index is 1.76. The second kappa shape index (κ2) is 5.75. The summed E-state index contributed by atoms with van der Waals surface area (Å²) in [6.45, 7) is 7.23. The number of hydrogen-bond acceptors (Lipinski definition) is 2. The lowest BCUT2D eigenvalue weighted by atomic mass is 9.69. The van der Waals surface area contributed by atoms with Gasteiger partial charge in [-0.3, -0.25) is 4.68 Å². The second-order valence-corrected chi connectivity index (χ2v) is 8.15. The summed E-state index contributed by atoms with van der Waals surface area (Å²) >= 11 is 0. The van der Waals surface area contributed by atoms with E-state index in [-0.39, 0.29) is 0 Å². The molecule has 3 heteroatoms. The van der Waals surface area contributed by atoms with Crippen molar-refractivity contribution in [3.63, 3.8) is 0 Å². The van der Waals surface area contributed by atoms with Gasteiger partial charge in [0, 0.05) is 30.4 Å². The van der Waals surface area contributed by atoms with Gasteiger partial charge in [-0.25, -0.2) is 0 Å². The summed E-state index contributed by atoms with van der Waals surface area (Å²) in [6, 6.07) is 1.20. The first-order chi connectivity index (χ1) is 9.97. The molecular weight excluding hydrogens is 258 g/mol. The van der Waals surface area contributed by atoms with E-state index in [2.05, 4.69) is 49.1 Å². The minimum atomic E-state index is 0.407. The molecule has 3 unspecified atom stereocenters. The Bertz CT molecular complexity index is 483. The number of nitrogens with zero attached hydrogens (tertiary/aromatic N) is 2. The smallest absolute Gasteiger partial charge is 0.0540 e. The van der Waals surface area contributed by atoms with Gasteiger partial charge >= 0.3 is 0 Å². The van der Waals surface area contributed by atoms with Gasteiger partial charge in [0.25, 0.3) is 0 Å². The van der Waals surface area contributed by atoms with Crippen LogP contribution in [0.1, 0.15) is 76.6 Å². The molecule has 0 bridgehead atoms. The maximum absolute atomic E-state index is 4.49. The predicted octanol–water partition coefficient (Wildman–Crippen LogP) is 3.99. The molecule has 0 aromatic carbocycles. The molecule has 1 fully saturated rings. The van der Waals surface area contributed by atoms with Gasteiger partial charge in [-0.05, 0) is 43.4 Å². The Morgan fingerprint density at radius 2 is 1.90 bits per heavy atom. The van der Waals surface area contributed by atoms with Crippen LogP contribution in [0.15, 0.2) is 6.20 Å². The van der Waals surface area contributed by atoms with Crippen LogP contribution in [0.5, 0.6) is 0 Å². The molecule has 0 saturated heterocycles. The van der Waals surface area contributed by atoms with E-state index >= 15 is 0 Å². The van der Waals surface area contributed by atoms with Crippen molar-refractivity contribution in [2.75, 3.05) is 0 Å². The number of nitrogens with one attached hydrogen (secondary N) is 1. The van der Waals surface area contributed by atoms with Crippen molar-refractivity contribution in [2.45, 2.75) is 77.8 Å². The van der Waals surface area contributed by atoms with Crippen molar-refractivity contribution in [1.82, 2.24) is 15.1 Å². The lowest BCUT2D eigenvalue weighted by molar-refractivity contribution is 0.120. The molecule has 3 rings (SSSR count). The summed E-state index contributed by atoms with van der Waals surface area (Å²) in [6.07, 6.45) is 11.4. The number of aromatic nitrogens is 2. The fourth-order valence-corrected chi connectivity index (χ4v) is 4.50. The van der Waals surface area contributed by atoms with Crippen LogP contribution in [0.25, 0.3) is 0 Å². The van der Waals surface area contributed by atoms with Crippen molar-refractivity contribution in [3.8, 4) is 0 Å². The molecular formula is C18H31N3. The van der Waals surface area contributed by atoms with Crippen molar-refractivity contribution < 1.29 is 0 Å². The quantitative estimate of drug-likeness (QED) is 0.892. The third-order valence-electron chi connectivity index (χ3n) is 5.67. The Kier molecular flexibility index (Phi) is 4.13. The molecule has 0 aliphatic heterocycles. The van der Waals surface area contributed by atoms with Crippen LogP contribution in [-0.4, -0.2) is 15.8 Å². The molecule has 1 heterocycles. The highest BCUT2D eigenvalue weighted by molar-refractivity contribution is 5.25. The van der Waals surface area contributed by atoms with Gasteiger partial charge < -0.3 is 5.32 Å². The van der Waals surface area contributed by atoms with Gasteiger partial charge in [0.15, 0.2) is 0 Å². The summed E-state index contributed by atoms with van der Waals surface area (Å²) in [5, 5.41) is 8.52. The van der Waals surface area contributed by atoms with E-state index in [0.29, 0.717) is 17.5 Å². The molecule has 1 N–H and O–H groups in total. The number of rotatable bonds is 2. The first-order valence-electron chi connectivity index (χ1n) is 8.73. The van der Waals surface area contributed by atoms with E-state index in [1.807, 2.05) is 0 Å². The molecule has 0 spiro atoms. The van der Waals surface area contributed by atoms with Crippen LogP contribution < -0.4 is 5.32 Å². The molecule has 3 nitrogen and oxygen atoms in total. The summed E-state index contributed by atoms with van der Waals surface area (Å²) in [5.74, 6) is 0.799. The molecule has 0 radical (unpaired) electrons. The van der Waals surface area contributed by atoms with Crippen LogP contribution in [0.3, 0.4) is 0 Å². The fourth-order valence-electron chi connectivity index (χ4n) is 4.50. The third kappa shape index (κ3) is 3.03. The fraction of sp³-hybridized carbons (Fsp3) is 0.833. The van der Waals surface area contributed by atoms with E-state index in [1.54, 1.807) is 0 Å². The van der Waals surface area contributed by atoms with Crippen LogP contribution >= 0.6 is 0 Å². The van der Waals surface area contributed by atoms with Crippen molar-refractivity contribution in [2.24, 2.45) is 18.4 Å². The zero-order chi connectivity index (χ0) is 15.0. The van der Waals surface area contributed by atoms with Gasteiger partial charge in [0.05, 0.1) is 6.20 Å². The molecule has 1 saturated carbocycles. The lowest BCUT2D eigenvalue weighted by Crippen LogP contribution is -2.46. The Morgan fingerprint density at radius 3 is 2.67 bits per heavy atom. The van der Waals surface area contributed by atoms with Crippen LogP contribution in [-0.2, 0) is 13.5 Å². The molecule has 2 aliphatic rings.